The maximum absolute atomic E-state index is 14.0. The number of hydrogen-bond donors (Lipinski definition) is 4. The Labute approximate surface area is 369 Å². The zero-order chi connectivity index (χ0) is 44.7. The number of likely N-dealkylation sites (tertiary alicyclic amines) is 2. The Balaban J connectivity index is 1.04. The minimum absolute atomic E-state index is 0.119. The second-order valence-electron chi connectivity index (χ2n) is 19.4. The van der Waals surface area contributed by atoms with Gasteiger partial charge in [0.2, 0.25) is 11.8 Å². The number of carbonyl (C=O) groups is 4. The summed E-state index contributed by atoms with van der Waals surface area (Å²) in [6, 6.07) is 6.58. The molecule has 4 amide bonds. The highest BCUT2D eigenvalue weighted by Crippen LogP contribution is 2.52. The first kappa shape index (κ1) is 43.9. The molecule has 1 spiro atoms. The van der Waals surface area contributed by atoms with Gasteiger partial charge in [0, 0.05) is 30.4 Å². The normalized spacial score (nSPS) is 22.4. The van der Waals surface area contributed by atoms with E-state index in [0.717, 1.165) is 71.1 Å². The lowest BCUT2D eigenvalue weighted by Crippen LogP contribution is -2.51. The predicted molar refractivity (Wildman–Crippen MR) is 238 cm³/mol. The van der Waals surface area contributed by atoms with Gasteiger partial charge in [-0.3, -0.25) is 14.6 Å². The van der Waals surface area contributed by atoms with E-state index in [1.165, 1.54) is 51.0 Å². The van der Waals surface area contributed by atoms with Crippen LogP contribution >= 0.6 is 0 Å². The molecule has 4 N–H and O–H groups in total. The topological polar surface area (TPSA) is 188 Å². The summed E-state index contributed by atoms with van der Waals surface area (Å²) in [5.74, 6) is 1.49. The average Bonchev–Trinajstić information content (AvgIpc) is 4.14. The second-order valence-corrected chi connectivity index (χ2v) is 19.4. The van der Waals surface area contributed by atoms with E-state index in [9.17, 15) is 19.2 Å². The monoisotopic (exact) mass is 861 g/mol. The van der Waals surface area contributed by atoms with Crippen molar-refractivity contribution in [3.63, 3.8) is 0 Å². The maximum atomic E-state index is 14.0. The van der Waals surface area contributed by atoms with Crippen molar-refractivity contribution >= 4 is 24.0 Å². The van der Waals surface area contributed by atoms with Gasteiger partial charge < -0.3 is 39.9 Å². The lowest BCUT2D eigenvalue weighted by Gasteiger charge is -2.30. The number of aromatic amines is 2. The fourth-order valence-corrected chi connectivity index (χ4v) is 10.7. The molecule has 1 aromatic carbocycles. The van der Waals surface area contributed by atoms with Crippen molar-refractivity contribution in [1.82, 2.24) is 45.4 Å². The summed E-state index contributed by atoms with van der Waals surface area (Å²) in [5, 5.41) is 5.48. The lowest BCUT2D eigenvalue weighted by atomic mass is 9.83. The Morgan fingerprint density at radius 3 is 1.67 bits per heavy atom. The Hall–Kier alpha value is -5.73. The number of nitrogens with one attached hydrogen (secondary N) is 4. The molecule has 2 aliphatic heterocycles. The fraction of sp³-hybridized carbons (Fsp3) is 0.562. The van der Waals surface area contributed by atoms with Crippen LogP contribution in [0.4, 0.5) is 9.59 Å². The van der Waals surface area contributed by atoms with Gasteiger partial charge in [0.25, 0.3) is 0 Å². The lowest BCUT2D eigenvalue weighted by molar-refractivity contribution is -0.136. The minimum Gasteiger partial charge on any atom is -0.453 e. The summed E-state index contributed by atoms with van der Waals surface area (Å²) >= 11 is 0. The van der Waals surface area contributed by atoms with E-state index >= 15 is 0 Å². The number of benzene rings is 1. The molecule has 0 radical (unpaired) electrons. The van der Waals surface area contributed by atoms with Crippen LogP contribution in [0.5, 0.6) is 0 Å². The number of rotatable bonds is 11. The van der Waals surface area contributed by atoms with Crippen molar-refractivity contribution in [3.8, 4) is 33.8 Å². The molecular weight excluding hydrogens is 799 g/mol. The van der Waals surface area contributed by atoms with E-state index in [0.29, 0.717) is 13.1 Å². The molecule has 63 heavy (non-hydrogen) atoms. The Kier molecular flexibility index (Phi) is 12.4. The van der Waals surface area contributed by atoms with Crippen LogP contribution < -0.4 is 10.6 Å². The zero-order valence-electron chi connectivity index (χ0n) is 37.9. The maximum Gasteiger partial charge on any atom is 0.407 e. The molecule has 2 aliphatic carbocycles. The zero-order valence-corrected chi connectivity index (χ0v) is 37.9. The Morgan fingerprint density at radius 1 is 0.683 bits per heavy atom. The molecule has 0 bridgehead atoms. The van der Waals surface area contributed by atoms with E-state index < -0.39 is 24.3 Å². The van der Waals surface area contributed by atoms with Gasteiger partial charge in [0.1, 0.15) is 23.7 Å². The van der Waals surface area contributed by atoms with Crippen molar-refractivity contribution in [1.29, 1.82) is 0 Å². The van der Waals surface area contributed by atoms with Crippen LogP contribution in [0.2, 0.25) is 0 Å². The molecule has 15 nitrogen and oxygen atoms in total. The summed E-state index contributed by atoms with van der Waals surface area (Å²) in [6.45, 7) is 13.1. The molecule has 2 saturated heterocycles. The smallest absolute Gasteiger partial charge is 0.407 e. The first-order valence-electron chi connectivity index (χ1n) is 22.7. The molecule has 336 valence electrons. The molecule has 4 aromatic rings. The molecule has 8 rings (SSSR count). The number of hydrogen-bond acceptors (Lipinski definition) is 9. The molecule has 3 aromatic heterocycles. The van der Waals surface area contributed by atoms with Gasteiger partial charge >= 0.3 is 12.2 Å². The largest absolute Gasteiger partial charge is 0.453 e. The third kappa shape index (κ3) is 8.67. The number of aromatic nitrogens is 5. The Morgan fingerprint density at radius 2 is 1.16 bits per heavy atom. The molecular formula is C48H63N9O6. The average molecular weight is 862 g/mol. The number of methoxy groups -OCH3 is 2. The van der Waals surface area contributed by atoms with Crippen molar-refractivity contribution in [2.45, 2.75) is 117 Å². The molecule has 4 aliphatic rings. The highest BCUT2D eigenvalue weighted by molar-refractivity contribution is 5.87. The van der Waals surface area contributed by atoms with Crippen molar-refractivity contribution in [3.05, 3.63) is 65.6 Å². The van der Waals surface area contributed by atoms with E-state index in [2.05, 4.69) is 58.7 Å². The predicted octanol–water partition coefficient (Wildman–Crippen LogP) is 7.77. The van der Waals surface area contributed by atoms with Crippen molar-refractivity contribution in [2.75, 3.05) is 27.3 Å². The van der Waals surface area contributed by atoms with Crippen LogP contribution in [0.15, 0.2) is 42.9 Å². The van der Waals surface area contributed by atoms with E-state index in [1.54, 1.807) is 0 Å². The van der Waals surface area contributed by atoms with Gasteiger partial charge in [-0.15, -0.1) is 0 Å². The van der Waals surface area contributed by atoms with E-state index in [4.69, 9.17) is 24.4 Å². The number of imidazole rings is 2. The first-order valence-corrected chi connectivity index (χ1v) is 22.7. The highest BCUT2D eigenvalue weighted by Gasteiger charge is 2.44. The number of fused-ring (bicyclic) bond motifs is 1. The van der Waals surface area contributed by atoms with Gasteiger partial charge in [0.05, 0.1) is 55.8 Å². The van der Waals surface area contributed by atoms with E-state index in [1.807, 2.05) is 56.1 Å². The van der Waals surface area contributed by atoms with Crippen molar-refractivity contribution < 1.29 is 28.7 Å². The summed E-state index contributed by atoms with van der Waals surface area (Å²) in [7, 11) is 2.60. The third-order valence-corrected chi connectivity index (χ3v) is 14.0. The first-order chi connectivity index (χ1) is 30.2. The number of H-pyrrole nitrogens is 2. The molecule has 3 fully saturated rings. The number of alkyl carbamates (subject to hydrolysis) is 2. The van der Waals surface area contributed by atoms with Crippen LogP contribution in [0.3, 0.4) is 0 Å². The van der Waals surface area contributed by atoms with Gasteiger partial charge in [-0.05, 0) is 84.3 Å². The Bertz CT molecular complexity index is 2330. The van der Waals surface area contributed by atoms with Crippen LogP contribution in [0, 0.1) is 29.1 Å². The number of carbonyl (C=O) groups excluding carboxylic acids is 4. The standard InChI is InChI=1S/C48H63N9O6/c1-26(2)39(54-46(60)62-7)44(58)56-24-28(5)17-37(56)42-50-22-35(52-42)30-11-13-31(14-12-30)41-33-20-48(15-9-10-16-48)19-32(33)34(21-49-41)36-23-51-43(53-36)38-18-29(6)25-57(38)45(59)40(27(3)4)55-47(61)63-8/h11-14,21-23,26-29,37-40H,9-10,15-20,24-25H2,1-8H3,(H,50,52)(H,51,53)(H,54,60)(H,55,61)/t28-,29-,37-,38-,39+,40-/m0/s1. The molecule has 0 unspecified atom stereocenters. The number of ether oxygens (including phenoxy) is 2. The fourth-order valence-electron chi connectivity index (χ4n) is 10.7. The molecule has 1 saturated carbocycles. The summed E-state index contributed by atoms with van der Waals surface area (Å²) in [4.78, 5) is 77.8. The highest BCUT2D eigenvalue weighted by atomic mass is 16.5. The van der Waals surface area contributed by atoms with Crippen LogP contribution in [-0.4, -0.2) is 98.1 Å². The minimum atomic E-state index is -0.709. The van der Waals surface area contributed by atoms with Crippen LogP contribution in [0.25, 0.3) is 33.8 Å². The summed E-state index contributed by atoms with van der Waals surface area (Å²) in [6.07, 6.45) is 12.9. The molecule has 15 heteroatoms. The van der Waals surface area contributed by atoms with Crippen LogP contribution in [-0.2, 0) is 31.9 Å². The van der Waals surface area contributed by atoms with Gasteiger partial charge in [-0.25, -0.2) is 19.6 Å². The third-order valence-electron chi connectivity index (χ3n) is 14.0. The van der Waals surface area contributed by atoms with E-state index in [-0.39, 0.29) is 53.0 Å². The van der Waals surface area contributed by atoms with Crippen molar-refractivity contribution in [2.24, 2.45) is 29.1 Å². The van der Waals surface area contributed by atoms with Gasteiger partial charge in [0.15, 0.2) is 0 Å². The van der Waals surface area contributed by atoms with Gasteiger partial charge in [-0.2, -0.15) is 0 Å². The number of nitrogens with zero attached hydrogens (tertiary/aromatic N) is 5. The quantitative estimate of drug-likeness (QED) is 0.117. The number of pyridine rings is 1. The second kappa shape index (κ2) is 17.8. The van der Waals surface area contributed by atoms with Gasteiger partial charge in [-0.1, -0.05) is 78.6 Å². The number of amides is 4. The summed E-state index contributed by atoms with van der Waals surface area (Å²) < 4.78 is 9.65. The SMILES string of the molecule is COC(=O)N[C@H](C(=O)N1C[C@@H](C)C[C@H]1c1ncc(-c2cnc(-c3ccc(-c4cnc([C@@H]5C[C@H](C)CN5C(=O)[C@H](NC(=O)OC)C(C)C)[nH]4)cc3)c3c2CC2(CCCC2)C3)[nH]1)C(C)C. The molecule has 5 heterocycles. The molecule has 6 atom stereocenters. The summed E-state index contributed by atoms with van der Waals surface area (Å²) in [5.41, 5.74) is 8.70. The van der Waals surface area contributed by atoms with Crippen LogP contribution in [0.1, 0.15) is 115 Å².